The van der Waals surface area contributed by atoms with Crippen LogP contribution in [0, 0.1) is 0 Å². The summed E-state index contributed by atoms with van der Waals surface area (Å²) in [7, 11) is 3.12. The van der Waals surface area contributed by atoms with Gasteiger partial charge in [-0.3, -0.25) is 9.59 Å². The van der Waals surface area contributed by atoms with Gasteiger partial charge in [-0.25, -0.2) is 0 Å². The Kier molecular flexibility index (Phi) is 7.64. The maximum atomic E-state index is 13.3. The van der Waals surface area contributed by atoms with Crippen molar-refractivity contribution in [3.63, 3.8) is 0 Å². The van der Waals surface area contributed by atoms with E-state index in [9.17, 15) is 14.7 Å². The molecule has 0 spiro atoms. The predicted octanol–water partition coefficient (Wildman–Crippen LogP) is 5.49. The van der Waals surface area contributed by atoms with Crippen molar-refractivity contribution in [2.24, 2.45) is 0 Å². The van der Waals surface area contributed by atoms with E-state index >= 15 is 0 Å². The fraction of sp³-hybridized carbons (Fsp3) is 0.214. The number of aliphatic hydroxyl groups excluding tert-OH is 1. The normalized spacial score (nSPS) is 16.8. The molecule has 1 N–H and O–H groups in total. The van der Waals surface area contributed by atoms with Crippen LogP contribution in [-0.2, 0) is 16.1 Å². The SMILES string of the molecule is CCOc1cccc(C2/C(=C(\O)c3ccc(OC)c(Br)c3)C(=O)C(=O)N2Cc2ccc(OC)cc2)c1. The fourth-order valence-corrected chi connectivity index (χ4v) is 4.77. The summed E-state index contributed by atoms with van der Waals surface area (Å²) in [6.07, 6.45) is 0. The van der Waals surface area contributed by atoms with Crippen LogP contribution in [0.1, 0.15) is 29.7 Å². The van der Waals surface area contributed by atoms with E-state index in [1.807, 2.05) is 31.2 Å². The molecule has 0 bridgehead atoms. The summed E-state index contributed by atoms with van der Waals surface area (Å²) < 4.78 is 16.8. The molecule has 0 radical (unpaired) electrons. The summed E-state index contributed by atoms with van der Waals surface area (Å²) in [4.78, 5) is 28.1. The van der Waals surface area contributed by atoms with Gasteiger partial charge in [0.2, 0.25) is 0 Å². The third-order valence-corrected chi connectivity index (χ3v) is 6.58. The molecule has 0 aliphatic carbocycles. The molecule has 1 unspecified atom stereocenters. The van der Waals surface area contributed by atoms with Gasteiger partial charge in [0.25, 0.3) is 11.7 Å². The van der Waals surface area contributed by atoms with Crippen molar-refractivity contribution in [3.8, 4) is 17.2 Å². The van der Waals surface area contributed by atoms with E-state index in [4.69, 9.17) is 14.2 Å². The Balaban J connectivity index is 1.84. The van der Waals surface area contributed by atoms with Gasteiger partial charge < -0.3 is 24.2 Å². The summed E-state index contributed by atoms with van der Waals surface area (Å²) in [6.45, 7) is 2.51. The van der Waals surface area contributed by atoms with Crippen molar-refractivity contribution in [2.45, 2.75) is 19.5 Å². The van der Waals surface area contributed by atoms with Gasteiger partial charge in [0.1, 0.15) is 23.0 Å². The van der Waals surface area contributed by atoms with Gasteiger partial charge in [-0.2, -0.15) is 0 Å². The fourth-order valence-electron chi connectivity index (χ4n) is 4.23. The monoisotopic (exact) mass is 551 g/mol. The lowest BCUT2D eigenvalue weighted by Gasteiger charge is -2.26. The van der Waals surface area contributed by atoms with Crippen molar-refractivity contribution >= 4 is 33.4 Å². The molecule has 1 aliphatic heterocycles. The van der Waals surface area contributed by atoms with Crippen LogP contribution in [-0.4, -0.2) is 42.5 Å². The molecule has 8 heteroatoms. The maximum Gasteiger partial charge on any atom is 0.295 e. The second-order valence-corrected chi connectivity index (χ2v) is 8.98. The van der Waals surface area contributed by atoms with Crippen LogP contribution in [0.3, 0.4) is 0 Å². The third-order valence-electron chi connectivity index (χ3n) is 5.96. The van der Waals surface area contributed by atoms with E-state index in [0.29, 0.717) is 39.5 Å². The van der Waals surface area contributed by atoms with Crippen LogP contribution < -0.4 is 14.2 Å². The molecule has 1 aliphatic rings. The summed E-state index contributed by atoms with van der Waals surface area (Å²) in [6, 6.07) is 18.7. The Labute approximate surface area is 218 Å². The molecule has 1 amide bonds. The minimum atomic E-state index is -0.812. The molecule has 1 saturated heterocycles. The van der Waals surface area contributed by atoms with E-state index in [0.717, 1.165) is 5.56 Å². The first-order valence-corrected chi connectivity index (χ1v) is 12.1. The van der Waals surface area contributed by atoms with Crippen molar-refractivity contribution in [1.82, 2.24) is 4.90 Å². The number of methoxy groups -OCH3 is 2. The van der Waals surface area contributed by atoms with Gasteiger partial charge >= 0.3 is 0 Å². The zero-order chi connectivity index (χ0) is 25.8. The highest BCUT2D eigenvalue weighted by atomic mass is 79.9. The van der Waals surface area contributed by atoms with Crippen molar-refractivity contribution < 1.29 is 28.9 Å². The Morgan fingerprint density at radius 1 is 0.972 bits per heavy atom. The number of amides is 1. The number of ketones is 1. The molecule has 0 aromatic heterocycles. The molecular weight excluding hydrogens is 526 g/mol. The summed E-state index contributed by atoms with van der Waals surface area (Å²) >= 11 is 3.42. The van der Waals surface area contributed by atoms with Gasteiger partial charge in [-0.05, 0) is 76.4 Å². The summed E-state index contributed by atoms with van der Waals surface area (Å²) in [5.74, 6) is 0.170. The van der Waals surface area contributed by atoms with Gasteiger partial charge in [0.15, 0.2) is 0 Å². The van der Waals surface area contributed by atoms with Crippen molar-refractivity contribution in [2.75, 3.05) is 20.8 Å². The van der Waals surface area contributed by atoms with Gasteiger partial charge in [0, 0.05) is 12.1 Å². The zero-order valence-corrected chi connectivity index (χ0v) is 21.7. The number of halogens is 1. The number of hydrogen-bond acceptors (Lipinski definition) is 6. The van der Waals surface area contributed by atoms with Crippen LogP contribution in [0.5, 0.6) is 17.2 Å². The second-order valence-electron chi connectivity index (χ2n) is 8.13. The maximum absolute atomic E-state index is 13.3. The highest BCUT2D eigenvalue weighted by Gasteiger charge is 2.46. The quantitative estimate of drug-likeness (QED) is 0.226. The minimum absolute atomic E-state index is 0.0132. The smallest absolute Gasteiger partial charge is 0.295 e. The lowest BCUT2D eigenvalue weighted by molar-refractivity contribution is -0.140. The summed E-state index contributed by atoms with van der Waals surface area (Å²) in [5, 5.41) is 11.3. The highest BCUT2D eigenvalue weighted by molar-refractivity contribution is 9.10. The first kappa shape index (κ1) is 25.3. The largest absolute Gasteiger partial charge is 0.507 e. The molecule has 0 saturated carbocycles. The number of hydrogen-bond donors (Lipinski definition) is 1. The molecule has 3 aromatic rings. The molecule has 186 valence electrons. The van der Waals surface area contributed by atoms with Gasteiger partial charge in [-0.1, -0.05) is 24.3 Å². The lowest BCUT2D eigenvalue weighted by Crippen LogP contribution is -2.29. The van der Waals surface area contributed by atoms with Crippen LogP contribution >= 0.6 is 15.9 Å². The Morgan fingerprint density at radius 2 is 1.72 bits per heavy atom. The average molecular weight is 552 g/mol. The van der Waals surface area contributed by atoms with E-state index in [-0.39, 0.29) is 17.9 Å². The third kappa shape index (κ3) is 4.95. The van der Waals surface area contributed by atoms with Crippen LogP contribution in [0.4, 0.5) is 0 Å². The number of aliphatic hydroxyl groups is 1. The first-order valence-electron chi connectivity index (χ1n) is 11.4. The van der Waals surface area contributed by atoms with Gasteiger partial charge in [-0.15, -0.1) is 0 Å². The van der Waals surface area contributed by atoms with Crippen molar-refractivity contribution in [1.29, 1.82) is 0 Å². The standard InChI is InChI=1S/C28H26BrNO6/c1-4-36-21-7-5-6-18(14-21)25-24(26(31)19-10-13-23(35-3)22(29)15-19)27(32)28(33)30(25)16-17-8-11-20(34-2)12-9-17/h5-15,25,31H,4,16H2,1-3H3/b26-24+. The second kappa shape index (κ2) is 10.9. The summed E-state index contributed by atoms with van der Waals surface area (Å²) in [5.41, 5.74) is 1.87. The van der Waals surface area contributed by atoms with Crippen molar-refractivity contribution in [3.05, 3.63) is 93.5 Å². The van der Waals surface area contributed by atoms with E-state index in [2.05, 4.69) is 15.9 Å². The molecule has 3 aromatic carbocycles. The first-order chi connectivity index (χ1) is 17.4. The minimum Gasteiger partial charge on any atom is -0.507 e. The van der Waals surface area contributed by atoms with Gasteiger partial charge in [0.05, 0.1) is 36.9 Å². The molecule has 4 rings (SSSR count). The number of nitrogens with zero attached hydrogens (tertiary/aromatic N) is 1. The molecule has 7 nitrogen and oxygen atoms in total. The predicted molar refractivity (Wildman–Crippen MR) is 139 cm³/mol. The molecular formula is C28H26BrNO6. The lowest BCUT2D eigenvalue weighted by atomic mass is 9.95. The van der Waals surface area contributed by atoms with E-state index in [1.165, 1.54) is 12.0 Å². The molecule has 36 heavy (non-hydrogen) atoms. The average Bonchev–Trinajstić information content (AvgIpc) is 3.14. The van der Waals surface area contributed by atoms with E-state index in [1.54, 1.807) is 49.6 Å². The zero-order valence-electron chi connectivity index (χ0n) is 20.2. The van der Waals surface area contributed by atoms with Crippen LogP contribution in [0.2, 0.25) is 0 Å². The number of benzene rings is 3. The number of likely N-dealkylation sites (tertiary alicyclic amines) is 1. The Bertz CT molecular complexity index is 1320. The number of carbonyl (C=O) groups excluding carboxylic acids is 2. The molecule has 1 heterocycles. The van der Waals surface area contributed by atoms with E-state index < -0.39 is 17.7 Å². The topological polar surface area (TPSA) is 85.3 Å². The Hall–Kier alpha value is -3.78. The molecule has 1 fully saturated rings. The number of Topliss-reactive ketones (excluding diaryl/α,β-unsaturated/α-hetero) is 1. The highest BCUT2D eigenvalue weighted by Crippen LogP contribution is 2.42. The molecule has 1 atom stereocenters. The Morgan fingerprint density at radius 3 is 2.36 bits per heavy atom. The van der Waals surface area contributed by atoms with Crippen LogP contribution in [0.15, 0.2) is 76.8 Å². The number of ether oxygens (including phenoxy) is 3. The number of carbonyl (C=O) groups is 2. The number of rotatable bonds is 8. The van der Waals surface area contributed by atoms with Crippen LogP contribution in [0.25, 0.3) is 5.76 Å².